The summed E-state index contributed by atoms with van der Waals surface area (Å²) < 4.78 is 7.55. The van der Waals surface area contributed by atoms with Crippen molar-refractivity contribution >= 4 is 11.0 Å². The van der Waals surface area contributed by atoms with Gasteiger partial charge in [-0.05, 0) is 12.0 Å². The van der Waals surface area contributed by atoms with E-state index in [0.717, 1.165) is 17.5 Å². The molecule has 0 amide bonds. The summed E-state index contributed by atoms with van der Waals surface area (Å²) in [5.41, 5.74) is 3.01. The largest absolute Gasteiger partial charge is 0.478 e. The average Bonchev–Trinajstić information content (AvgIpc) is 3.13. The van der Waals surface area contributed by atoms with Crippen LogP contribution in [0.25, 0.3) is 22.4 Å². The number of nitrogens with one attached hydrogen (secondary N) is 2. The van der Waals surface area contributed by atoms with Gasteiger partial charge in [-0.25, -0.2) is 4.98 Å². The van der Waals surface area contributed by atoms with Crippen LogP contribution in [0.2, 0.25) is 0 Å². The Bertz CT molecular complexity index is 1230. The van der Waals surface area contributed by atoms with Gasteiger partial charge >= 0.3 is 0 Å². The summed E-state index contributed by atoms with van der Waals surface area (Å²) >= 11 is 0. The van der Waals surface area contributed by atoms with Crippen LogP contribution in [0.15, 0.2) is 60.7 Å². The number of rotatable bonds is 6. The fourth-order valence-corrected chi connectivity index (χ4v) is 3.33. The molecule has 0 bridgehead atoms. The van der Waals surface area contributed by atoms with E-state index in [4.69, 9.17) is 15.1 Å². The van der Waals surface area contributed by atoms with E-state index in [0.29, 0.717) is 41.5 Å². The van der Waals surface area contributed by atoms with E-state index >= 15 is 0 Å². The van der Waals surface area contributed by atoms with Gasteiger partial charge in [-0.3, -0.25) is 5.41 Å². The lowest BCUT2D eigenvalue weighted by molar-refractivity contribution is 0.307. The highest BCUT2D eigenvalue weighted by Gasteiger charge is 2.20. The predicted molar refractivity (Wildman–Crippen MR) is 111 cm³/mol. The normalized spacial score (nSPS) is 10.8. The van der Waals surface area contributed by atoms with Gasteiger partial charge < -0.3 is 14.3 Å². The molecular formula is C23H21N5O. The molecule has 0 unspecified atom stereocenters. The molecule has 2 aromatic carbocycles. The van der Waals surface area contributed by atoms with E-state index in [-0.39, 0.29) is 5.49 Å². The maximum Gasteiger partial charge on any atom is 0.211 e. The zero-order valence-corrected chi connectivity index (χ0v) is 16.1. The molecule has 0 spiro atoms. The molecule has 144 valence electrons. The molecule has 4 aromatic rings. The first-order chi connectivity index (χ1) is 14.2. The van der Waals surface area contributed by atoms with E-state index in [1.54, 1.807) is 0 Å². The van der Waals surface area contributed by atoms with Crippen molar-refractivity contribution < 1.29 is 4.74 Å². The summed E-state index contributed by atoms with van der Waals surface area (Å²) in [5.74, 6) is 1.04. The summed E-state index contributed by atoms with van der Waals surface area (Å²) in [6.45, 7) is 2.97. The second kappa shape index (κ2) is 8.03. The second-order valence-electron chi connectivity index (χ2n) is 6.73. The van der Waals surface area contributed by atoms with Crippen LogP contribution in [-0.4, -0.2) is 21.1 Å². The maximum absolute atomic E-state index is 9.73. The molecule has 2 N–H and O–H groups in total. The summed E-state index contributed by atoms with van der Waals surface area (Å²) in [6, 6.07) is 21.9. The first-order valence-electron chi connectivity index (χ1n) is 9.56. The smallest absolute Gasteiger partial charge is 0.211 e. The Hall–Kier alpha value is -3.85. The van der Waals surface area contributed by atoms with Crippen molar-refractivity contribution in [3.63, 3.8) is 0 Å². The molecule has 0 atom stereocenters. The summed E-state index contributed by atoms with van der Waals surface area (Å²) in [7, 11) is 0. The van der Waals surface area contributed by atoms with E-state index in [2.05, 4.69) is 11.1 Å². The summed E-state index contributed by atoms with van der Waals surface area (Å²) in [5, 5.41) is 19.1. The number of aromatic amines is 1. The van der Waals surface area contributed by atoms with E-state index < -0.39 is 0 Å². The van der Waals surface area contributed by atoms with E-state index in [1.807, 2.05) is 72.2 Å². The number of fused-ring (bicyclic) bond motifs is 1. The van der Waals surface area contributed by atoms with Crippen LogP contribution >= 0.6 is 0 Å². The van der Waals surface area contributed by atoms with Crippen molar-refractivity contribution in [1.29, 1.82) is 10.7 Å². The highest BCUT2D eigenvalue weighted by Crippen LogP contribution is 2.27. The van der Waals surface area contributed by atoms with Crippen LogP contribution in [0.5, 0.6) is 5.88 Å². The fraction of sp³-hybridized carbons (Fsp3) is 0.174. The van der Waals surface area contributed by atoms with Gasteiger partial charge in [-0.1, -0.05) is 67.6 Å². The Morgan fingerprint density at radius 2 is 1.79 bits per heavy atom. The standard InChI is InChI=1S/C23H21N5O/c1-2-13-29-23-18(14-24)19-20(25)28(15-16-9-5-3-6-10-16)22(26-21(19)27-23)17-11-7-4-8-12-17/h3-12,25,27H,2,13,15H2,1H3. The van der Waals surface area contributed by atoms with E-state index in [9.17, 15) is 5.26 Å². The minimum absolute atomic E-state index is 0.233. The lowest BCUT2D eigenvalue weighted by atomic mass is 10.1. The molecule has 29 heavy (non-hydrogen) atoms. The van der Waals surface area contributed by atoms with Crippen LogP contribution in [-0.2, 0) is 6.54 Å². The molecule has 6 nitrogen and oxygen atoms in total. The molecule has 0 aliphatic carbocycles. The Morgan fingerprint density at radius 3 is 2.45 bits per heavy atom. The minimum Gasteiger partial charge on any atom is -0.478 e. The molecule has 0 aliphatic rings. The topological polar surface area (TPSA) is 90.5 Å². The number of H-pyrrole nitrogens is 1. The van der Waals surface area contributed by atoms with Crippen LogP contribution in [0, 0.1) is 16.7 Å². The number of benzene rings is 2. The highest BCUT2D eigenvalue weighted by atomic mass is 16.5. The van der Waals surface area contributed by atoms with Gasteiger partial charge in [0.1, 0.15) is 28.6 Å². The highest BCUT2D eigenvalue weighted by molar-refractivity contribution is 5.86. The Morgan fingerprint density at radius 1 is 1.10 bits per heavy atom. The van der Waals surface area contributed by atoms with Crippen molar-refractivity contribution in [1.82, 2.24) is 14.5 Å². The third kappa shape index (κ3) is 3.50. The number of ether oxygens (including phenoxy) is 1. The van der Waals surface area contributed by atoms with Crippen LogP contribution in [0.1, 0.15) is 24.5 Å². The van der Waals surface area contributed by atoms with Gasteiger partial charge in [0, 0.05) is 5.56 Å². The predicted octanol–water partition coefficient (Wildman–Crippen LogP) is 4.22. The van der Waals surface area contributed by atoms with Gasteiger partial charge in [-0.2, -0.15) is 5.26 Å². The first-order valence-corrected chi connectivity index (χ1v) is 9.56. The number of nitrogens with zero attached hydrogens (tertiary/aromatic N) is 3. The average molecular weight is 383 g/mol. The summed E-state index contributed by atoms with van der Waals surface area (Å²) in [6.07, 6.45) is 0.824. The molecule has 0 radical (unpaired) electrons. The molecule has 4 rings (SSSR count). The molecule has 0 saturated heterocycles. The minimum atomic E-state index is 0.233. The monoisotopic (exact) mass is 383 g/mol. The van der Waals surface area contributed by atoms with E-state index in [1.165, 1.54) is 0 Å². The van der Waals surface area contributed by atoms with Gasteiger partial charge in [0.15, 0.2) is 0 Å². The third-order valence-electron chi connectivity index (χ3n) is 4.70. The Kier molecular flexibility index (Phi) is 5.12. The van der Waals surface area contributed by atoms with Gasteiger partial charge in [0.2, 0.25) is 5.88 Å². The van der Waals surface area contributed by atoms with Crippen molar-refractivity contribution in [2.24, 2.45) is 0 Å². The number of aromatic nitrogens is 3. The molecule has 2 heterocycles. The van der Waals surface area contributed by atoms with Crippen LogP contribution in [0.4, 0.5) is 0 Å². The van der Waals surface area contributed by atoms with Crippen LogP contribution < -0.4 is 10.2 Å². The van der Waals surface area contributed by atoms with Gasteiger partial charge in [-0.15, -0.1) is 0 Å². The molecule has 0 aliphatic heterocycles. The van der Waals surface area contributed by atoms with Crippen molar-refractivity contribution in [2.75, 3.05) is 6.61 Å². The summed E-state index contributed by atoms with van der Waals surface area (Å²) in [4.78, 5) is 7.90. The Balaban J connectivity index is 1.98. The molecular weight excluding hydrogens is 362 g/mol. The van der Waals surface area contributed by atoms with Gasteiger partial charge in [0.05, 0.1) is 18.5 Å². The molecule has 0 saturated carbocycles. The second-order valence-corrected chi connectivity index (χ2v) is 6.73. The third-order valence-corrected chi connectivity index (χ3v) is 4.70. The first kappa shape index (κ1) is 18.5. The number of hydrogen-bond acceptors (Lipinski definition) is 4. The maximum atomic E-state index is 9.73. The number of nitriles is 1. The number of hydrogen-bond donors (Lipinski definition) is 2. The van der Waals surface area contributed by atoms with Crippen molar-refractivity contribution in [3.8, 4) is 23.3 Å². The Labute approximate surface area is 168 Å². The fourth-order valence-electron chi connectivity index (χ4n) is 3.33. The quantitative estimate of drug-likeness (QED) is 0.522. The zero-order valence-electron chi connectivity index (χ0n) is 16.1. The van der Waals surface area contributed by atoms with Crippen LogP contribution in [0.3, 0.4) is 0 Å². The lowest BCUT2D eigenvalue weighted by Crippen LogP contribution is -2.24. The van der Waals surface area contributed by atoms with Gasteiger partial charge in [0.25, 0.3) is 0 Å². The SMILES string of the molecule is CCCOc1[nH]c2nc(-c3ccccc3)n(Cc3ccccc3)c(=N)c2c1C#N. The molecule has 2 aromatic heterocycles. The van der Waals surface area contributed by atoms with Crippen molar-refractivity contribution in [3.05, 3.63) is 77.3 Å². The lowest BCUT2D eigenvalue weighted by Gasteiger charge is -2.14. The molecule has 0 fully saturated rings. The zero-order chi connectivity index (χ0) is 20.2. The molecule has 6 heteroatoms. The van der Waals surface area contributed by atoms with Crippen molar-refractivity contribution in [2.45, 2.75) is 19.9 Å².